The number of unbranched alkanes of at least 4 members (excludes halogenated alkanes) is 4. The number of hydrogen-bond acceptors (Lipinski definition) is 2. The maximum Gasteiger partial charge on any atom is 0.303 e. The van der Waals surface area contributed by atoms with Crippen LogP contribution in [0.15, 0.2) is 12.2 Å². The summed E-state index contributed by atoms with van der Waals surface area (Å²) in [5.41, 5.74) is 0. The molecule has 3 atom stereocenters. The fourth-order valence-corrected chi connectivity index (χ4v) is 3.68. The number of aliphatic hydroxyl groups is 1. The van der Waals surface area contributed by atoms with E-state index in [9.17, 15) is 9.90 Å². The molecule has 0 spiro atoms. The van der Waals surface area contributed by atoms with E-state index in [1.807, 2.05) is 0 Å². The van der Waals surface area contributed by atoms with Crippen LogP contribution in [0.5, 0.6) is 0 Å². The average Bonchev–Trinajstić information content (AvgIpc) is 2.96. The van der Waals surface area contributed by atoms with Gasteiger partial charge in [0.05, 0.1) is 6.10 Å². The third kappa shape index (κ3) is 9.80. The molecule has 0 aromatic rings. The summed E-state index contributed by atoms with van der Waals surface area (Å²) in [6.07, 6.45) is 18.2. The van der Waals surface area contributed by atoms with E-state index in [2.05, 4.69) is 19.1 Å². The Kier molecular flexibility index (Phi) is 11.1. The number of allylic oxidation sites excluding steroid dienone is 2. The molecule has 0 amide bonds. The van der Waals surface area contributed by atoms with E-state index in [0.29, 0.717) is 18.8 Å². The molecular weight excluding hydrogens is 288 g/mol. The largest absolute Gasteiger partial charge is 0.481 e. The van der Waals surface area contributed by atoms with Crippen molar-refractivity contribution in [1.29, 1.82) is 0 Å². The zero-order chi connectivity index (χ0) is 16.9. The first-order valence-electron chi connectivity index (χ1n) is 9.70. The standard InChI is InChI=1S/C20H36O3/c1-2-3-4-5-6-7-10-17-11-8-12-18(17)15-16-19(21)13-9-14-20(22)23/h7,10,17-19,21H,2-6,8-9,11-16H2,1H3,(H,22,23)/b10-7+/t17-,18+,19?/m0/s1. The topological polar surface area (TPSA) is 57.5 Å². The maximum absolute atomic E-state index is 10.5. The lowest BCUT2D eigenvalue weighted by atomic mass is 9.89. The Labute approximate surface area is 142 Å². The summed E-state index contributed by atoms with van der Waals surface area (Å²) in [4.78, 5) is 10.5. The van der Waals surface area contributed by atoms with Crippen molar-refractivity contribution >= 4 is 5.97 Å². The number of carbonyl (C=O) groups is 1. The molecule has 0 bridgehead atoms. The van der Waals surface area contributed by atoms with Gasteiger partial charge in [-0.15, -0.1) is 0 Å². The monoisotopic (exact) mass is 324 g/mol. The molecule has 1 aliphatic rings. The minimum absolute atomic E-state index is 0.171. The number of rotatable bonds is 13. The first-order valence-corrected chi connectivity index (χ1v) is 9.70. The molecular formula is C20H36O3. The zero-order valence-corrected chi connectivity index (χ0v) is 14.9. The first kappa shape index (κ1) is 20.2. The van der Waals surface area contributed by atoms with Crippen LogP contribution in [-0.4, -0.2) is 22.3 Å². The van der Waals surface area contributed by atoms with Gasteiger partial charge in [-0.2, -0.15) is 0 Å². The molecule has 2 N–H and O–H groups in total. The van der Waals surface area contributed by atoms with Crippen LogP contribution in [0.2, 0.25) is 0 Å². The summed E-state index contributed by atoms with van der Waals surface area (Å²) < 4.78 is 0. The van der Waals surface area contributed by atoms with Gasteiger partial charge in [0.1, 0.15) is 0 Å². The van der Waals surface area contributed by atoms with Gasteiger partial charge in [0.25, 0.3) is 0 Å². The molecule has 23 heavy (non-hydrogen) atoms. The lowest BCUT2D eigenvalue weighted by molar-refractivity contribution is -0.137. The predicted octanol–water partition coefficient (Wildman–Crippen LogP) is 5.33. The summed E-state index contributed by atoms with van der Waals surface area (Å²) in [5, 5.41) is 18.6. The van der Waals surface area contributed by atoms with Crippen LogP contribution in [0.3, 0.4) is 0 Å². The van der Waals surface area contributed by atoms with E-state index in [0.717, 1.165) is 18.8 Å². The quantitative estimate of drug-likeness (QED) is 0.356. The Balaban J connectivity index is 2.16. The van der Waals surface area contributed by atoms with Crippen LogP contribution in [0, 0.1) is 11.8 Å². The maximum atomic E-state index is 10.5. The van der Waals surface area contributed by atoms with Crippen molar-refractivity contribution in [2.75, 3.05) is 0 Å². The van der Waals surface area contributed by atoms with E-state index in [4.69, 9.17) is 5.11 Å². The number of aliphatic carboxylic acids is 1. The third-order valence-electron chi connectivity index (χ3n) is 5.12. The summed E-state index contributed by atoms with van der Waals surface area (Å²) >= 11 is 0. The van der Waals surface area contributed by atoms with Crippen LogP contribution < -0.4 is 0 Å². The Hall–Kier alpha value is -0.830. The number of aliphatic hydroxyl groups excluding tert-OH is 1. The van der Waals surface area contributed by atoms with Gasteiger partial charge in [0.2, 0.25) is 0 Å². The van der Waals surface area contributed by atoms with Gasteiger partial charge in [0, 0.05) is 6.42 Å². The van der Waals surface area contributed by atoms with Crippen molar-refractivity contribution in [3.63, 3.8) is 0 Å². The van der Waals surface area contributed by atoms with E-state index < -0.39 is 5.97 Å². The second-order valence-corrected chi connectivity index (χ2v) is 7.15. The lowest BCUT2D eigenvalue weighted by Crippen LogP contribution is -2.12. The summed E-state index contributed by atoms with van der Waals surface area (Å²) in [6.45, 7) is 2.25. The average molecular weight is 325 g/mol. The van der Waals surface area contributed by atoms with Crippen molar-refractivity contribution in [1.82, 2.24) is 0 Å². The van der Waals surface area contributed by atoms with Gasteiger partial charge in [-0.05, 0) is 63.2 Å². The van der Waals surface area contributed by atoms with Crippen LogP contribution >= 0.6 is 0 Å². The van der Waals surface area contributed by atoms with E-state index in [-0.39, 0.29) is 12.5 Å². The molecule has 3 nitrogen and oxygen atoms in total. The fourth-order valence-electron chi connectivity index (χ4n) is 3.68. The Morgan fingerprint density at radius 3 is 2.74 bits per heavy atom. The van der Waals surface area contributed by atoms with Gasteiger partial charge < -0.3 is 10.2 Å². The van der Waals surface area contributed by atoms with Gasteiger partial charge >= 0.3 is 5.97 Å². The zero-order valence-electron chi connectivity index (χ0n) is 14.9. The highest BCUT2D eigenvalue weighted by molar-refractivity contribution is 5.66. The molecule has 0 saturated heterocycles. The summed E-state index contributed by atoms with van der Waals surface area (Å²) in [6, 6.07) is 0. The second kappa shape index (κ2) is 12.6. The highest BCUT2D eigenvalue weighted by Crippen LogP contribution is 2.36. The molecule has 0 aliphatic heterocycles. The Morgan fingerprint density at radius 1 is 1.17 bits per heavy atom. The minimum Gasteiger partial charge on any atom is -0.481 e. The van der Waals surface area contributed by atoms with Crippen LogP contribution in [-0.2, 0) is 4.79 Å². The molecule has 1 saturated carbocycles. The second-order valence-electron chi connectivity index (χ2n) is 7.15. The fraction of sp³-hybridized carbons (Fsp3) is 0.850. The van der Waals surface area contributed by atoms with Crippen molar-refractivity contribution in [3.8, 4) is 0 Å². The van der Waals surface area contributed by atoms with E-state index in [1.165, 1.54) is 51.4 Å². The Bertz CT molecular complexity index is 338. The summed E-state index contributed by atoms with van der Waals surface area (Å²) in [7, 11) is 0. The van der Waals surface area contributed by atoms with Crippen molar-refractivity contribution in [2.24, 2.45) is 11.8 Å². The number of carboxylic acids is 1. The summed E-state index contributed by atoms with van der Waals surface area (Å²) in [5.74, 6) is 0.653. The van der Waals surface area contributed by atoms with Crippen LogP contribution in [0.4, 0.5) is 0 Å². The highest BCUT2D eigenvalue weighted by Gasteiger charge is 2.25. The predicted molar refractivity (Wildman–Crippen MR) is 95.5 cm³/mol. The molecule has 134 valence electrons. The molecule has 0 heterocycles. The SMILES string of the molecule is CCCCCC/C=C/[C@H]1CCC[C@@H]1CCC(O)CCCC(=O)O. The molecule has 0 aromatic carbocycles. The van der Waals surface area contributed by atoms with Gasteiger partial charge in [-0.25, -0.2) is 0 Å². The minimum atomic E-state index is -0.767. The smallest absolute Gasteiger partial charge is 0.303 e. The molecule has 1 fully saturated rings. The van der Waals surface area contributed by atoms with Gasteiger partial charge in [-0.3, -0.25) is 4.79 Å². The van der Waals surface area contributed by atoms with E-state index in [1.54, 1.807) is 0 Å². The number of hydrogen-bond donors (Lipinski definition) is 2. The van der Waals surface area contributed by atoms with Crippen molar-refractivity contribution in [3.05, 3.63) is 12.2 Å². The van der Waals surface area contributed by atoms with Crippen LogP contribution in [0.1, 0.15) is 90.4 Å². The van der Waals surface area contributed by atoms with Gasteiger partial charge in [0.15, 0.2) is 0 Å². The van der Waals surface area contributed by atoms with Gasteiger partial charge in [-0.1, -0.05) is 44.8 Å². The molecule has 0 aromatic heterocycles. The molecule has 1 rings (SSSR count). The Morgan fingerprint density at radius 2 is 2.00 bits per heavy atom. The third-order valence-corrected chi connectivity index (χ3v) is 5.12. The lowest BCUT2D eigenvalue weighted by Gasteiger charge is -2.18. The van der Waals surface area contributed by atoms with Crippen LogP contribution in [0.25, 0.3) is 0 Å². The first-order chi connectivity index (χ1) is 11.1. The van der Waals surface area contributed by atoms with E-state index >= 15 is 0 Å². The molecule has 1 unspecified atom stereocenters. The highest BCUT2D eigenvalue weighted by atomic mass is 16.4. The normalized spacial score (nSPS) is 22.7. The molecule has 1 aliphatic carbocycles. The molecule has 3 heteroatoms. The van der Waals surface area contributed by atoms with Crippen molar-refractivity contribution in [2.45, 2.75) is 96.5 Å². The molecule has 0 radical (unpaired) electrons. The van der Waals surface area contributed by atoms with Crippen molar-refractivity contribution < 1.29 is 15.0 Å². The number of carboxylic acid groups (broad SMARTS) is 1.